The van der Waals surface area contributed by atoms with Crippen LogP contribution >= 0.6 is 0 Å². The minimum atomic E-state index is -1.66. The van der Waals surface area contributed by atoms with Gasteiger partial charge in [0.15, 0.2) is 17.8 Å². The number of nitrogens with one attached hydrogen (secondary N) is 1. The van der Waals surface area contributed by atoms with Gasteiger partial charge in [-0.3, -0.25) is 9.59 Å². The van der Waals surface area contributed by atoms with Crippen LogP contribution in [0.15, 0.2) is 72.8 Å². The van der Waals surface area contributed by atoms with Gasteiger partial charge in [0.1, 0.15) is 30.2 Å². The maximum atomic E-state index is 16.1. The van der Waals surface area contributed by atoms with Crippen LogP contribution < -0.4 is 5.32 Å². The lowest BCUT2D eigenvalue weighted by atomic mass is 9.83. The van der Waals surface area contributed by atoms with Gasteiger partial charge in [-0.15, -0.1) is 0 Å². The molecule has 1 aromatic heterocycles. The smallest absolute Gasteiger partial charge is 0.407 e. The highest BCUT2D eigenvalue weighted by molar-refractivity contribution is 5.83. The summed E-state index contributed by atoms with van der Waals surface area (Å²) in [6, 6.07) is 16.5. The van der Waals surface area contributed by atoms with Gasteiger partial charge in [-0.25, -0.2) is 32.0 Å². The van der Waals surface area contributed by atoms with Crippen LogP contribution in [0.3, 0.4) is 0 Å². The summed E-state index contributed by atoms with van der Waals surface area (Å²) in [6.07, 6.45) is -3.57. The van der Waals surface area contributed by atoms with Gasteiger partial charge in [-0.1, -0.05) is 70.2 Å². The number of rotatable bonds is 15. The highest BCUT2D eigenvalue weighted by Crippen LogP contribution is 2.40. The molecule has 14 heteroatoms. The first kappa shape index (κ1) is 40.5. The largest absolute Gasteiger partial charge is 0.453 e. The lowest BCUT2D eigenvalue weighted by Crippen LogP contribution is -2.50. The molecule has 0 aliphatic carbocycles. The van der Waals surface area contributed by atoms with Gasteiger partial charge in [0.2, 0.25) is 0 Å². The number of alkyl carbamates (subject to hydrolysis) is 1. The molecule has 0 aliphatic rings. The first-order valence-electron chi connectivity index (χ1n) is 17.3. The molecule has 2 amide bonds. The van der Waals surface area contributed by atoms with Gasteiger partial charge in [0.05, 0.1) is 24.7 Å². The summed E-state index contributed by atoms with van der Waals surface area (Å²) >= 11 is 0. The molecule has 0 bridgehead atoms. The second-order valence-electron chi connectivity index (χ2n) is 13.8. The number of esters is 1. The van der Waals surface area contributed by atoms with E-state index in [0.29, 0.717) is 5.56 Å². The number of halogens is 4. The van der Waals surface area contributed by atoms with Crippen molar-refractivity contribution in [1.29, 1.82) is 0 Å². The zero-order chi connectivity index (χ0) is 38.9. The van der Waals surface area contributed by atoms with Gasteiger partial charge in [-0.2, -0.15) is 5.10 Å². The van der Waals surface area contributed by atoms with Crippen LogP contribution in [0.5, 0.6) is 0 Å². The predicted octanol–water partition coefficient (Wildman–Crippen LogP) is 7.57. The highest BCUT2D eigenvalue weighted by atomic mass is 19.1. The third-order valence-corrected chi connectivity index (χ3v) is 8.56. The number of aromatic nitrogens is 3. The van der Waals surface area contributed by atoms with E-state index < -0.39 is 71.6 Å². The number of alkyl halides is 1. The van der Waals surface area contributed by atoms with Crippen molar-refractivity contribution >= 4 is 18.0 Å². The fraction of sp³-hybridized carbons (Fsp3) is 0.410. The molecule has 10 nitrogen and oxygen atoms in total. The van der Waals surface area contributed by atoms with Crippen molar-refractivity contribution in [1.82, 2.24) is 25.0 Å². The van der Waals surface area contributed by atoms with Crippen LogP contribution in [0.4, 0.5) is 22.4 Å². The molecule has 0 unspecified atom stereocenters. The van der Waals surface area contributed by atoms with E-state index in [9.17, 15) is 23.2 Å². The fourth-order valence-corrected chi connectivity index (χ4v) is 5.99. The van der Waals surface area contributed by atoms with Crippen LogP contribution in [0.1, 0.15) is 71.0 Å². The Balaban J connectivity index is 1.75. The fourth-order valence-electron chi connectivity index (χ4n) is 5.99. The normalized spacial score (nSPS) is 13.8. The highest BCUT2D eigenvalue weighted by Gasteiger charge is 2.42. The van der Waals surface area contributed by atoms with E-state index in [4.69, 9.17) is 9.47 Å². The number of hydrogen-bond acceptors (Lipinski definition) is 7. The van der Waals surface area contributed by atoms with E-state index in [0.717, 1.165) is 30.7 Å². The summed E-state index contributed by atoms with van der Waals surface area (Å²) in [4.78, 5) is 44.7. The molecular formula is C39H45F4N5O5. The van der Waals surface area contributed by atoms with E-state index in [1.54, 1.807) is 58.0 Å². The van der Waals surface area contributed by atoms with Crippen LogP contribution in [-0.2, 0) is 32.2 Å². The summed E-state index contributed by atoms with van der Waals surface area (Å²) in [5.41, 5.74) is 0.0774. The van der Waals surface area contributed by atoms with Crippen LogP contribution in [0.2, 0.25) is 0 Å². The monoisotopic (exact) mass is 739 g/mol. The van der Waals surface area contributed by atoms with E-state index in [1.807, 2.05) is 6.07 Å². The molecule has 0 aliphatic heterocycles. The Morgan fingerprint density at radius 1 is 0.943 bits per heavy atom. The average Bonchev–Trinajstić information content (AvgIpc) is 3.50. The molecule has 3 aromatic carbocycles. The number of nitrogens with zero attached hydrogens (tertiary/aromatic N) is 4. The van der Waals surface area contributed by atoms with E-state index in [-0.39, 0.29) is 43.3 Å². The number of ether oxygens (including phenoxy) is 2. The third kappa shape index (κ3) is 11.1. The molecule has 0 saturated carbocycles. The Morgan fingerprint density at radius 2 is 1.62 bits per heavy atom. The van der Waals surface area contributed by atoms with Crippen molar-refractivity contribution in [3.05, 3.63) is 107 Å². The predicted molar refractivity (Wildman–Crippen MR) is 189 cm³/mol. The molecular weight excluding hydrogens is 694 g/mol. The van der Waals surface area contributed by atoms with E-state index in [1.165, 1.54) is 34.7 Å². The maximum Gasteiger partial charge on any atom is 0.407 e. The molecule has 1 N–H and O–H groups in total. The summed E-state index contributed by atoms with van der Waals surface area (Å²) in [5.74, 6) is -4.40. The van der Waals surface area contributed by atoms with Crippen molar-refractivity contribution in [2.75, 3.05) is 13.1 Å². The summed E-state index contributed by atoms with van der Waals surface area (Å²) < 4.78 is 71.7. The van der Waals surface area contributed by atoms with Gasteiger partial charge >= 0.3 is 12.1 Å². The standard InChI is InChI=1S/C39H45F4N5O5/c1-7-28(33(43)20-44-38(51)52-23-26-12-9-8-10-13-26)22-47(37(50)24(2)53-25(3)49)34(39(4,5)6)36-45-35(31-19-30(41)16-17-32(31)42)46-48(36)21-27-14-11-15-29(40)18-27/h8-19,24,28,33-34H,7,20-23H2,1-6H3,(H,44,51)/t24-,28-,33-,34-/m0/s1. The maximum absolute atomic E-state index is 16.1. The molecule has 1 heterocycles. The average molecular weight is 740 g/mol. The molecule has 0 radical (unpaired) electrons. The molecule has 0 spiro atoms. The van der Waals surface area contributed by atoms with Crippen LogP contribution in [0.25, 0.3) is 11.4 Å². The number of benzene rings is 3. The van der Waals surface area contributed by atoms with Crippen molar-refractivity contribution < 1.29 is 41.4 Å². The SMILES string of the molecule is CC[C@@H](CN(C(=O)[C@H](C)OC(C)=O)[C@@H](c1nc(-c2cc(F)ccc2F)nn1Cc1cccc(F)c1)C(C)(C)C)[C@@H](F)CNC(=O)OCc1ccccc1. The number of amides is 2. The molecule has 0 fully saturated rings. The molecule has 53 heavy (non-hydrogen) atoms. The molecule has 4 rings (SSSR count). The Labute approximate surface area is 306 Å². The molecule has 284 valence electrons. The van der Waals surface area contributed by atoms with Gasteiger partial charge in [-0.05, 0) is 60.2 Å². The summed E-state index contributed by atoms with van der Waals surface area (Å²) in [5, 5.41) is 6.97. The Kier molecular flexibility index (Phi) is 13.7. The first-order chi connectivity index (χ1) is 25.1. The zero-order valence-corrected chi connectivity index (χ0v) is 30.6. The van der Waals surface area contributed by atoms with Gasteiger partial charge in [0, 0.05) is 19.4 Å². The van der Waals surface area contributed by atoms with E-state index >= 15 is 8.78 Å². The minimum Gasteiger partial charge on any atom is -0.453 e. The quantitative estimate of drug-likeness (QED) is 0.0988. The summed E-state index contributed by atoms with van der Waals surface area (Å²) in [6.45, 7) is 8.92. The molecule has 4 aromatic rings. The van der Waals surface area contributed by atoms with Gasteiger partial charge < -0.3 is 19.7 Å². The van der Waals surface area contributed by atoms with E-state index in [2.05, 4.69) is 15.4 Å². The Hall–Kier alpha value is -5.27. The van der Waals surface area contributed by atoms with Crippen LogP contribution in [-0.4, -0.2) is 63.0 Å². The minimum absolute atomic E-state index is 0.0117. The topological polar surface area (TPSA) is 116 Å². The Bertz CT molecular complexity index is 1870. The van der Waals surface area contributed by atoms with Crippen molar-refractivity contribution in [2.45, 2.75) is 79.4 Å². The number of hydrogen-bond donors (Lipinski definition) is 1. The third-order valence-electron chi connectivity index (χ3n) is 8.56. The molecule has 4 atom stereocenters. The Morgan fingerprint density at radius 3 is 2.26 bits per heavy atom. The van der Waals surface area contributed by atoms with Crippen molar-refractivity contribution in [3.8, 4) is 11.4 Å². The zero-order valence-electron chi connectivity index (χ0n) is 30.6. The lowest BCUT2D eigenvalue weighted by molar-refractivity contribution is -0.161. The van der Waals surface area contributed by atoms with Gasteiger partial charge in [0.25, 0.3) is 5.91 Å². The van der Waals surface area contributed by atoms with Crippen molar-refractivity contribution in [3.63, 3.8) is 0 Å². The second-order valence-corrected chi connectivity index (χ2v) is 13.8. The number of carbonyl (C=O) groups excluding carboxylic acids is 3. The van der Waals surface area contributed by atoms with Crippen molar-refractivity contribution in [2.24, 2.45) is 11.3 Å². The van der Waals surface area contributed by atoms with Crippen LogP contribution in [0, 0.1) is 28.8 Å². The molecule has 0 saturated heterocycles. The number of carbonyl (C=O) groups is 3. The first-order valence-corrected chi connectivity index (χ1v) is 17.3. The second kappa shape index (κ2) is 18.0. The lowest BCUT2D eigenvalue weighted by Gasteiger charge is -2.42. The summed E-state index contributed by atoms with van der Waals surface area (Å²) in [7, 11) is 0.